The van der Waals surface area contributed by atoms with E-state index in [1.807, 2.05) is 25.7 Å². The minimum atomic E-state index is -0.445. The molecule has 1 aliphatic carbocycles. The summed E-state index contributed by atoms with van der Waals surface area (Å²) in [6.07, 6.45) is 6.79. The first-order valence-corrected chi connectivity index (χ1v) is 9.97. The van der Waals surface area contributed by atoms with Crippen LogP contribution in [-0.2, 0) is 4.74 Å². The van der Waals surface area contributed by atoms with E-state index in [1.54, 1.807) is 0 Å². The maximum absolute atomic E-state index is 12.6. The standard InChI is InChI=1S/C20H38N2O3/c1-19(2,3)25-18(24)22-12-8-11-17(22)15-9-6-7-10-16(15)21-13-20(4,5)14-23/h15-17,21,23H,6-14H2,1-5H3. The van der Waals surface area contributed by atoms with Crippen LogP contribution < -0.4 is 5.32 Å². The molecule has 1 aliphatic heterocycles. The van der Waals surface area contributed by atoms with Crippen LogP contribution in [0.3, 0.4) is 0 Å². The number of carbonyl (C=O) groups is 1. The molecular formula is C20H38N2O3. The second-order valence-corrected chi connectivity index (χ2v) is 9.64. The Hall–Kier alpha value is -0.810. The first kappa shape index (κ1) is 20.5. The zero-order valence-electron chi connectivity index (χ0n) is 16.8. The lowest BCUT2D eigenvalue weighted by molar-refractivity contribution is 0.0127. The van der Waals surface area contributed by atoms with Crippen molar-refractivity contribution in [2.45, 2.75) is 90.8 Å². The summed E-state index contributed by atoms with van der Waals surface area (Å²) < 4.78 is 5.64. The lowest BCUT2D eigenvalue weighted by atomic mass is 9.78. The maximum atomic E-state index is 12.6. The Morgan fingerprint density at radius 2 is 1.80 bits per heavy atom. The molecular weight excluding hydrogens is 316 g/mol. The fourth-order valence-electron chi connectivity index (χ4n) is 4.12. The molecule has 5 nitrogen and oxygen atoms in total. The maximum Gasteiger partial charge on any atom is 0.410 e. The van der Waals surface area contributed by atoms with Crippen molar-refractivity contribution >= 4 is 6.09 Å². The smallest absolute Gasteiger partial charge is 0.410 e. The Bertz CT molecular complexity index is 445. The van der Waals surface area contributed by atoms with Crippen LogP contribution in [0.25, 0.3) is 0 Å². The van der Waals surface area contributed by atoms with Gasteiger partial charge in [0, 0.05) is 37.2 Å². The third kappa shape index (κ3) is 5.85. The van der Waals surface area contributed by atoms with Gasteiger partial charge in [0.05, 0.1) is 0 Å². The van der Waals surface area contributed by atoms with Crippen LogP contribution in [0.4, 0.5) is 4.79 Å². The number of carbonyl (C=O) groups excluding carboxylic acids is 1. The summed E-state index contributed by atoms with van der Waals surface area (Å²) in [6, 6.07) is 0.706. The molecule has 0 spiro atoms. The fourth-order valence-corrected chi connectivity index (χ4v) is 4.12. The number of likely N-dealkylation sites (tertiary alicyclic amines) is 1. The number of nitrogens with zero attached hydrogens (tertiary/aromatic N) is 1. The van der Waals surface area contributed by atoms with Crippen molar-refractivity contribution in [3.8, 4) is 0 Å². The summed E-state index contributed by atoms with van der Waals surface area (Å²) in [7, 11) is 0. The number of hydrogen-bond donors (Lipinski definition) is 2. The zero-order valence-corrected chi connectivity index (χ0v) is 16.8. The Labute approximate surface area is 153 Å². The molecule has 1 amide bonds. The molecule has 2 fully saturated rings. The van der Waals surface area contributed by atoms with E-state index in [9.17, 15) is 9.90 Å². The molecule has 2 aliphatic rings. The van der Waals surface area contributed by atoms with Crippen molar-refractivity contribution in [1.29, 1.82) is 0 Å². The predicted molar refractivity (Wildman–Crippen MR) is 101 cm³/mol. The van der Waals surface area contributed by atoms with Crippen LogP contribution in [-0.4, -0.2) is 53.5 Å². The Kier molecular flexibility index (Phi) is 6.77. The van der Waals surface area contributed by atoms with E-state index < -0.39 is 5.60 Å². The zero-order chi connectivity index (χ0) is 18.7. The first-order valence-electron chi connectivity index (χ1n) is 9.97. The van der Waals surface area contributed by atoms with Crippen molar-refractivity contribution in [1.82, 2.24) is 10.2 Å². The van der Waals surface area contributed by atoms with Gasteiger partial charge in [0.2, 0.25) is 0 Å². The number of aliphatic hydroxyl groups is 1. The molecule has 0 radical (unpaired) electrons. The van der Waals surface area contributed by atoms with Gasteiger partial charge >= 0.3 is 6.09 Å². The molecule has 3 unspecified atom stereocenters. The second kappa shape index (κ2) is 8.26. The van der Waals surface area contributed by atoms with Crippen LogP contribution in [0.5, 0.6) is 0 Å². The normalized spacial score (nSPS) is 28.2. The van der Waals surface area contributed by atoms with Crippen LogP contribution >= 0.6 is 0 Å². The number of ether oxygens (including phenoxy) is 1. The van der Waals surface area contributed by atoms with Gasteiger partial charge in [0.1, 0.15) is 5.60 Å². The highest BCUT2D eigenvalue weighted by atomic mass is 16.6. The highest BCUT2D eigenvalue weighted by Crippen LogP contribution is 2.35. The largest absolute Gasteiger partial charge is 0.444 e. The minimum Gasteiger partial charge on any atom is -0.444 e. The summed E-state index contributed by atoms with van der Waals surface area (Å²) in [5, 5.41) is 13.2. The summed E-state index contributed by atoms with van der Waals surface area (Å²) >= 11 is 0. The molecule has 3 atom stereocenters. The molecule has 0 aromatic rings. The van der Waals surface area contributed by atoms with E-state index >= 15 is 0 Å². The molecule has 146 valence electrons. The number of amides is 1. The van der Waals surface area contributed by atoms with Gasteiger partial charge in [0.25, 0.3) is 0 Å². The molecule has 2 rings (SSSR count). The third-order valence-corrected chi connectivity index (χ3v) is 5.51. The summed E-state index contributed by atoms with van der Waals surface area (Å²) in [5.74, 6) is 0.485. The average Bonchev–Trinajstić information content (AvgIpc) is 3.01. The van der Waals surface area contributed by atoms with Crippen molar-refractivity contribution < 1.29 is 14.6 Å². The monoisotopic (exact) mass is 354 g/mol. The van der Waals surface area contributed by atoms with Crippen LogP contribution in [0.15, 0.2) is 0 Å². The van der Waals surface area contributed by atoms with Gasteiger partial charge in [-0.1, -0.05) is 26.7 Å². The van der Waals surface area contributed by atoms with E-state index in [0.29, 0.717) is 12.0 Å². The van der Waals surface area contributed by atoms with E-state index in [4.69, 9.17) is 4.74 Å². The number of aliphatic hydroxyl groups excluding tert-OH is 1. The summed E-state index contributed by atoms with van der Waals surface area (Å²) in [4.78, 5) is 14.6. The van der Waals surface area contributed by atoms with Gasteiger partial charge in [-0.3, -0.25) is 0 Å². The van der Waals surface area contributed by atoms with Crippen molar-refractivity contribution in [2.24, 2.45) is 11.3 Å². The number of hydrogen-bond acceptors (Lipinski definition) is 4. The lowest BCUT2D eigenvalue weighted by Crippen LogP contribution is -2.52. The SMILES string of the molecule is CC(C)(CO)CNC1CCCCC1C1CCCN1C(=O)OC(C)(C)C. The van der Waals surface area contributed by atoms with Gasteiger partial charge in [-0.15, -0.1) is 0 Å². The minimum absolute atomic E-state index is 0.109. The Balaban J connectivity index is 2.03. The van der Waals surface area contributed by atoms with Crippen LogP contribution in [0.1, 0.15) is 73.1 Å². The highest BCUT2D eigenvalue weighted by molar-refractivity contribution is 5.69. The van der Waals surface area contributed by atoms with Gasteiger partial charge in [-0.2, -0.15) is 0 Å². The molecule has 25 heavy (non-hydrogen) atoms. The predicted octanol–water partition coefficient (Wildman–Crippen LogP) is 3.55. The van der Waals surface area contributed by atoms with Crippen LogP contribution in [0, 0.1) is 11.3 Å². The van der Waals surface area contributed by atoms with E-state index in [0.717, 1.165) is 32.4 Å². The molecule has 2 N–H and O–H groups in total. The van der Waals surface area contributed by atoms with Crippen molar-refractivity contribution in [3.05, 3.63) is 0 Å². The molecule has 1 saturated heterocycles. The van der Waals surface area contributed by atoms with Gasteiger partial charge in [-0.05, 0) is 52.4 Å². The second-order valence-electron chi connectivity index (χ2n) is 9.64. The summed E-state index contributed by atoms with van der Waals surface area (Å²) in [6.45, 7) is 11.8. The molecule has 1 saturated carbocycles. The van der Waals surface area contributed by atoms with Gasteiger partial charge < -0.3 is 20.1 Å². The first-order chi connectivity index (χ1) is 11.6. The average molecular weight is 355 g/mol. The fraction of sp³-hybridized carbons (Fsp3) is 0.950. The molecule has 0 aromatic heterocycles. The lowest BCUT2D eigenvalue weighted by Gasteiger charge is -2.41. The van der Waals surface area contributed by atoms with Gasteiger partial charge in [-0.25, -0.2) is 4.79 Å². The molecule has 0 aromatic carbocycles. The Morgan fingerprint density at radius 3 is 2.44 bits per heavy atom. The third-order valence-electron chi connectivity index (χ3n) is 5.51. The van der Waals surface area contributed by atoms with E-state index in [1.165, 1.54) is 19.3 Å². The van der Waals surface area contributed by atoms with Gasteiger partial charge in [0.15, 0.2) is 0 Å². The topological polar surface area (TPSA) is 61.8 Å². The quantitative estimate of drug-likeness (QED) is 0.792. The van der Waals surface area contributed by atoms with Crippen molar-refractivity contribution in [2.75, 3.05) is 19.7 Å². The van der Waals surface area contributed by atoms with Crippen molar-refractivity contribution in [3.63, 3.8) is 0 Å². The summed E-state index contributed by atoms with van der Waals surface area (Å²) in [5.41, 5.74) is -0.553. The number of nitrogens with one attached hydrogen (secondary N) is 1. The van der Waals surface area contributed by atoms with E-state index in [-0.39, 0.29) is 24.2 Å². The molecule has 5 heteroatoms. The number of rotatable bonds is 5. The Morgan fingerprint density at radius 1 is 1.12 bits per heavy atom. The van der Waals surface area contributed by atoms with E-state index in [2.05, 4.69) is 19.2 Å². The molecule has 1 heterocycles. The highest BCUT2D eigenvalue weighted by Gasteiger charge is 2.41. The molecule has 0 bridgehead atoms. The van der Waals surface area contributed by atoms with Crippen LogP contribution in [0.2, 0.25) is 0 Å².